The van der Waals surface area contributed by atoms with Crippen LogP contribution in [0.4, 0.5) is 4.39 Å². The Morgan fingerprint density at radius 2 is 1.77 bits per heavy atom. The summed E-state index contributed by atoms with van der Waals surface area (Å²) in [5, 5.41) is 3.39. The lowest BCUT2D eigenvalue weighted by atomic mass is 10.1. The number of carbonyl (C=O) groups is 2. The third-order valence-corrected chi connectivity index (χ3v) is 5.99. The molecule has 5 nitrogen and oxygen atoms in total. The molecule has 162 valence electrons. The summed E-state index contributed by atoms with van der Waals surface area (Å²) < 4.78 is 14.0. The number of halogens is 2. The maximum absolute atomic E-state index is 14.0. The van der Waals surface area contributed by atoms with Crippen LogP contribution >= 0.6 is 11.6 Å². The average Bonchev–Trinajstić information content (AvgIpc) is 3.59. The molecule has 1 aliphatic carbocycles. The van der Waals surface area contributed by atoms with Gasteiger partial charge in [0.25, 0.3) is 5.91 Å². The molecule has 0 radical (unpaired) electrons. The quantitative estimate of drug-likeness (QED) is 0.695. The van der Waals surface area contributed by atoms with Gasteiger partial charge in [0.15, 0.2) is 0 Å². The summed E-state index contributed by atoms with van der Waals surface area (Å²) in [6.07, 6.45) is 5.43. The predicted molar refractivity (Wildman–Crippen MR) is 119 cm³/mol. The number of nitrogens with one attached hydrogen (secondary N) is 1. The van der Waals surface area contributed by atoms with E-state index in [4.69, 9.17) is 11.6 Å². The molecule has 0 aromatic heterocycles. The van der Waals surface area contributed by atoms with Gasteiger partial charge in [-0.25, -0.2) is 4.39 Å². The van der Waals surface area contributed by atoms with Crippen LogP contribution in [-0.4, -0.2) is 53.8 Å². The van der Waals surface area contributed by atoms with Crippen molar-refractivity contribution in [2.24, 2.45) is 0 Å². The molecule has 1 aliphatic heterocycles. The molecule has 1 heterocycles. The first-order valence-corrected chi connectivity index (χ1v) is 10.9. The van der Waals surface area contributed by atoms with Crippen LogP contribution in [0.1, 0.15) is 34.3 Å². The minimum absolute atomic E-state index is 0.0522. The van der Waals surface area contributed by atoms with E-state index in [1.165, 1.54) is 6.07 Å². The molecule has 31 heavy (non-hydrogen) atoms. The molecule has 1 saturated carbocycles. The third kappa shape index (κ3) is 5.71. The largest absolute Gasteiger partial charge is 0.349 e. The minimum atomic E-state index is -0.301. The van der Waals surface area contributed by atoms with Gasteiger partial charge in [0.1, 0.15) is 5.82 Å². The van der Waals surface area contributed by atoms with Crippen molar-refractivity contribution in [2.45, 2.75) is 25.4 Å². The molecular weight excluding hydrogens is 417 g/mol. The third-order valence-electron chi connectivity index (χ3n) is 5.63. The molecule has 0 atom stereocenters. The standard InChI is InChI=1S/C24H25ClFN3O2/c25-21-2-1-3-22(26)20(21)16-28-12-14-29(15-13-28)23(30)11-6-17-4-7-18(8-5-17)24(31)27-19-9-10-19/h1-8,11,19H,9-10,12-16H2,(H,27,31)/b11-6+. The Balaban J connectivity index is 1.26. The molecule has 2 fully saturated rings. The van der Waals surface area contributed by atoms with E-state index in [0.29, 0.717) is 54.9 Å². The smallest absolute Gasteiger partial charge is 0.251 e. The highest BCUT2D eigenvalue weighted by atomic mass is 35.5. The van der Waals surface area contributed by atoms with Crippen LogP contribution in [0.3, 0.4) is 0 Å². The fourth-order valence-corrected chi connectivity index (χ4v) is 3.77. The van der Waals surface area contributed by atoms with Gasteiger partial charge in [-0.05, 0) is 48.7 Å². The molecule has 2 aromatic carbocycles. The lowest BCUT2D eigenvalue weighted by Gasteiger charge is -2.34. The zero-order valence-corrected chi connectivity index (χ0v) is 17.9. The highest BCUT2D eigenvalue weighted by molar-refractivity contribution is 6.31. The maximum Gasteiger partial charge on any atom is 0.251 e. The van der Waals surface area contributed by atoms with E-state index in [-0.39, 0.29) is 17.6 Å². The first kappa shape index (κ1) is 21.5. The number of carbonyl (C=O) groups excluding carboxylic acids is 2. The number of piperazine rings is 1. The molecule has 2 amide bonds. The Hall–Kier alpha value is -2.70. The Bertz CT molecular complexity index is 961. The van der Waals surface area contributed by atoms with Crippen molar-refractivity contribution in [1.82, 2.24) is 15.1 Å². The number of benzene rings is 2. The van der Waals surface area contributed by atoms with Crippen LogP contribution in [0.15, 0.2) is 48.5 Å². The molecular formula is C24H25ClFN3O2. The lowest BCUT2D eigenvalue weighted by Crippen LogP contribution is -2.47. The van der Waals surface area contributed by atoms with Crippen LogP contribution < -0.4 is 5.32 Å². The van der Waals surface area contributed by atoms with Crippen molar-refractivity contribution in [3.63, 3.8) is 0 Å². The topological polar surface area (TPSA) is 52.7 Å². The van der Waals surface area contributed by atoms with Gasteiger partial charge < -0.3 is 10.2 Å². The maximum atomic E-state index is 14.0. The highest BCUT2D eigenvalue weighted by Crippen LogP contribution is 2.22. The van der Waals surface area contributed by atoms with Gasteiger partial charge in [0.05, 0.1) is 0 Å². The van der Waals surface area contributed by atoms with Crippen LogP contribution in [0.25, 0.3) is 6.08 Å². The van der Waals surface area contributed by atoms with E-state index < -0.39 is 0 Å². The first-order valence-electron chi connectivity index (χ1n) is 10.5. The Morgan fingerprint density at radius 3 is 2.42 bits per heavy atom. The molecule has 0 bridgehead atoms. The van der Waals surface area contributed by atoms with E-state index >= 15 is 0 Å². The van der Waals surface area contributed by atoms with Crippen molar-refractivity contribution in [1.29, 1.82) is 0 Å². The second-order valence-corrected chi connectivity index (χ2v) is 8.41. The summed E-state index contributed by atoms with van der Waals surface area (Å²) in [7, 11) is 0. The van der Waals surface area contributed by atoms with Gasteiger partial charge in [-0.15, -0.1) is 0 Å². The summed E-state index contributed by atoms with van der Waals surface area (Å²) in [5.74, 6) is -0.409. The SMILES string of the molecule is O=C(NC1CC1)c1ccc(/C=C/C(=O)N2CCN(Cc3c(F)cccc3Cl)CC2)cc1. The van der Waals surface area contributed by atoms with Crippen LogP contribution in [0.5, 0.6) is 0 Å². The molecule has 2 aliphatic rings. The summed E-state index contributed by atoms with van der Waals surface area (Å²) in [6.45, 7) is 2.92. The van der Waals surface area contributed by atoms with E-state index in [1.54, 1.807) is 41.3 Å². The van der Waals surface area contributed by atoms with Gasteiger partial charge in [-0.1, -0.05) is 29.8 Å². The van der Waals surface area contributed by atoms with Gasteiger partial charge in [-0.3, -0.25) is 14.5 Å². The Labute approximate surface area is 186 Å². The summed E-state index contributed by atoms with van der Waals surface area (Å²) in [6, 6.07) is 12.2. The van der Waals surface area contributed by atoms with Gasteiger partial charge in [0, 0.05) is 61.0 Å². The van der Waals surface area contributed by atoms with E-state index in [9.17, 15) is 14.0 Å². The first-order chi connectivity index (χ1) is 15.0. The van der Waals surface area contributed by atoms with Gasteiger partial charge >= 0.3 is 0 Å². The van der Waals surface area contributed by atoms with Crippen molar-refractivity contribution in [2.75, 3.05) is 26.2 Å². The fourth-order valence-electron chi connectivity index (χ4n) is 3.55. The van der Waals surface area contributed by atoms with Crippen LogP contribution in [0.2, 0.25) is 5.02 Å². The molecule has 7 heteroatoms. The summed E-state index contributed by atoms with van der Waals surface area (Å²) in [4.78, 5) is 28.4. The number of amides is 2. The van der Waals surface area contributed by atoms with Crippen molar-refractivity contribution in [3.05, 3.63) is 76.1 Å². The van der Waals surface area contributed by atoms with Crippen molar-refractivity contribution in [3.8, 4) is 0 Å². The minimum Gasteiger partial charge on any atom is -0.349 e. The second kappa shape index (κ2) is 9.62. The summed E-state index contributed by atoms with van der Waals surface area (Å²) in [5.41, 5.74) is 1.99. The summed E-state index contributed by atoms with van der Waals surface area (Å²) >= 11 is 6.12. The normalized spacial score (nSPS) is 17.2. The number of nitrogens with zero attached hydrogens (tertiary/aromatic N) is 2. The zero-order valence-electron chi connectivity index (χ0n) is 17.2. The van der Waals surface area contributed by atoms with E-state index in [0.717, 1.165) is 18.4 Å². The Kier molecular flexibility index (Phi) is 6.68. The van der Waals surface area contributed by atoms with Crippen molar-refractivity contribution >= 4 is 29.5 Å². The van der Waals surface area contributed by atoms with Crippen molar-refractivity contribution < 1.29 is 14.0 Å². The average molecular weight is 442 g/mol. The molecule has 4 rings (SSSR count). The van der Waals surface area contributed by atoms with Crippen LogP contribution in [0, 0.1) is 5.82 Å². The highest BCUT2D eigenvalue weighted by Gasteiger charge is 2.24. The molecule has 2 aromatic rings. The van der Waals surface area contributed by atoms with Gasteiger partial charge in [-0.2, -0.15) is 0 Å². The lowest BCUT2D eigenvalue weighted by molar-refractivity contribution is -0.127. The number of hydrogen-bond donors (Lipinski definition) is 1. The predicted octanol–water partition coefficient (Wildman–Crippen LogP) is 3.73. The molecule has 1 N–H and O–H groups in total. The monoisotopic (exact) mass is 441 g/mol. The van der Waals surface area contributed by atoms with E-state index in [2.05, 4.69) is 10.2 Å². The van der Waals surface area contributed by atoms with Gasteiger partial charge in [0.2, 0.25) is 5.91 Å². The number of rotatable bonds is 6. The molecule has 0 unspecified atom stereocenters. The molecule has 1 saturated heterocycles. The second-order valence-electron chi connectivity index (χ2n) is 8.00. The zero-order chi connectivity index (χ0) is 21.8. The fraction of sp³-hybridized carbons (Fsp3) is 0.333. The van der Waals surface area contributed by atoms with Crippen LogP contribution in [-0.2, 0) is 11.3 Å². The molecule has 0 spiro atoms. The van der Waals surface area contributed by atoms with E-state index in [1.807, 2.05) is 12.1 Å². The Morgan fingerprint density at radius 1 is 1.06 bits per heavy atom. The number of hydrogen-bond acceptors (Lipinski definition) is 3.